The smallest absolute Gasteiger partial charge is 0.334 e. The van der Waals surface area contributed by atoms with Gasteiger partial charge >= 0.3 is 5.97 Å². The van der Waals surface area contributed by atoms with Crippen molar-refractivity contribution in [3.8, 4) is 11.5 Å². The Hall–Kier alpha value is -3.32. The van der Waals surface area contributed by atoms with Gasteiger partial charge in [-0.2, -0.15) is 0 Å². The van der Waals surface area contributed by atoms with Crippen molar-refractivity contribution < 1.29 is 28.5 Å². The average molecular weight is 506 g/mol. The van der Waals surface area contributed by atoms with E-state index < -0.39 is 11.5 Å². The van der Waals surface area contributed by atoms with Crippen LogP contribution >= 0.6 is 0 Å². The van der Waals surface area contributed by atoms with Gasteiger partial charge in [-0.3, -0.25) is 4.79 Å². The van der Waals surface area contributed by atoms with Crippen LogP contribution in [0.5, 0.6) is 11.5 Å². The maximum atomic E-state index is 13.5. The number of nitrogens with one attached hydrogen (secondary N) is 1. The Labute approximate surface area is 218 Å². The molecule has 4 atom stereocenters. The molecule has 2 aliphatic carbocycles. The number of hydrogen-bond donors (Lipinski definition) is 1. The van der Waals surface area contributed by atoms with E-state index in [9.17, 15) is 9.59 Å². The Bertz CT molecular complexity index is 1220. The molecule has 0 aromatic heterocycles. The van der Waals surface area contributed by atoms with E-state index in [4.69, 9.17) is 18.9 Å². The highest BCUT2D eigenvalue weighted by atomic mass is 16.5. The first-order chi connectivity index (χ1) is 17.9. The fraction of sp³-hybridized carbons (Fsp3) is 0.467. The summed E-state index contributed by atoms with van der Waals surface area (Å²) >= 11 is 0. The predicted molar refractivity (Wildman–Crippen MR) is 140 cm³/mol. The Morgan fingerprint density at radius 1 is 1.08 bits per heavy atom. The largest absolute Gasteiger partial charge is 0.497 e. The standard InChI is InChI=1S/C30H35NO6/c1-5-37-29(33)27-23(17-36-16-18-9-11-19(34-3)12-10-18)30(2)28(21-7-6-8-25(32)26(21)27)22-15-20(35-4)13-14-24(22)31-30/h9-15,21,23,28,31H,5-8,16-17H2,1-4H3/t21-,23+,28-,30-/m0/s1. The zero-order chi connectivity index (χ0) is 26.2. The molecule has 1 aliphatic heterocycles. The van der Waals surface area contributed by atoms with Gasteiger partial charge in [0.05, 0.1) is 45.2 Å². The Morgan fingerprint density at radius 3 is 2.51 bits per heavy atom. The molecule has 0 spiro atoms. The summed E-state index contributed by atoms with van der Waals surface area (Å²) in [5.74, 6) is 0.769. The van der Waals surface area contributed by atoms with E-state index in [-0.39, 0.29) is 36.8 Å². The molecule has 1 heterocycles. The van der Waals surface area contributed by atoms with Gasteiger partial charge in [0.15, 0.2) is 5.78 Å². The van der Waals surface area contributed by atoms with E-state index in [0.717, 1.165) is 41.2 Å². The number of benzene rings is 2. The minimum Gasteiger partial charge on any atom is -0.497 e. The molecule has 1 fully saturated rings. The number of esters is 1. The molecule has 3 aliphatic rings. The Balaban J connectivity index is 1.56. The molecule has 196 valence electrons. The highest BCUT2D eigenvalue weighted by Crippen LogP contribution is 2.60. The summed E-state index contributed by atoms with van der Waals surface area (Å²) in [7, 11) is 3.30. The first-order valence-electron chi connectivity index (χ1n) is 13.0. The average Bonchev–Trinajstić information content (AvgIpc) is 3.21. The summed E-state index contributed by atoms with van der Waals surface area (Å²) in [4.78, 5) is 26.9. The predicted octanol–water partition coefficient (Wildman–Crippen LogP) is 5.05. The molecule has 0 radical (unpaired) electrons. The summed E-state index contributed by atoms with van der Waals surface area (Å²) < 4.78 is 22.6. The number of allylic oxidation sites excluding steroid dienone is 1. The zero-order valence-electron chi connectivity index (χ0n) is 22.0. The van der Waals surface area contributed by atoms with Gasteiger partial charge in [-0.05, 0) is 74.1 Å². The van der Waals surface area contributed by atoms with Crippen LogP contribution in [0.25, 0.3) is 0 Å². The number of fused-ring (bicyclic) bond motifs is 5. The second-order valence-electron chi connectivity index (χ2n) is 10.2. The quantitative estimate of drug-likeness (QED) is 0.503. The minimum atomic E-state index is -0.539. The number of ketones is 1. The fourth-order valence-corrected chi connectivity index (χ4v) is 6.54. The van der Waals surface area contributed by atoms with Gasteiger partial charge in [0.25, 0.3) is 0 Å². The molecule has 0 unspecified atom stereocenters. The van der Waals surface area contributed by atoms with Crippen LogP contribution in [0.2, 0.25) is 0 Å². The lowest BCUT2D eigenvalue weighted by molar-refractivity contribution is -0.141. The van der Waals surface area contributed by atoms with Gasteiger partial charge in [0.1, 0.15) is 11.5 Å². The fourth-order valence-electron chi connectivity index (χ4n) is 6.54. The van der Waals surface area contributed by atoms with E-state index >= 15 is 0 Å². The SMILES string of the molecule is CCOC(=O)C1=C2C(=O)CCC[C@@H]2[C@H]2c3cc(OC)ccc3N[C@@]2(C)[C@@H]1COCc1ccc(OC)cc1. The van der Waals surface area contributed by atoms with Gasteiger partial charge < -0.3 is 24.3 Å². The first kappa shape index (κ1) is 25.3. The number of Topliss-reactive ketones (excluding diaryl/α,β-unsaturated/α-hetero) is 1. The maximum absolute atomic E-state index is 13.5. The summed E-state index contributed by atoms with van der Waals surface area (Å²) in [5, 5.41) is 3.75. The van der Waals surface area contributed by atoms with E-state index in [1.807, 2.05) is 36.4 Å². The summed E-state index contributed by atoms with van der Waals surface area (Å²) in [6, 6.07) is 13.8. The molecule has 7 heteroatoms. The number of carbonyl (C=O) groups is 2. The number of anilines is 1. The van der Waals surface area contributed by atoms with E-state index in [1.54, 1.807) is 21.1 Å². The van der Waals surface area contributed by atoms with Crippen molar-refractivity contribution in [2.45, 2.75) is 51.2 Å². The van der Waals surface area contributed by atoms with Crippen molar-refractivity contribution in [3.63, 3.8) is 0 Å². The van der Waals surface area contributed by atoms with Crippen LogP contribution in [0.1, 0.15) is 50.2 Å². The third-order valence-corrected chi connectivity index (χ3v) is 8.21. The molecule has 1 saturated carbocycles. The highest BCUT2D eigenvalue weighted by molar-refractivity contribution is 6.06. The molecule has 1 N–H and O–H groups in total. The number of methoxy groups -OCH3 is 2. The molecule has 0 saturated heterocycles. The first-order valence-corrected chi connectivity index (χ1v) is 13.0. The topological polar surface area (TPSA) is 83.1 Å². The van der Waals surface area contributed by atoms with Crippen LogP contribution in [0.4, 0.5) is 5.69 Å². The second kappa shape index (κ2) is 10.2. The van der Waals surface area contributed by atoms with Gasteiger partial charge in [-0.15, -0.1) is 0 Å². The van der Waals surface area contributed by atoms with Crippen LogP contribution in [0.15, 0.2) is 53.6 Å². The molecular weight excluding hydrogens is 470 g/mol. The van der Waals surface area contributed by atoms with Crippen LogP contribution in [-0.4, -0.2) is 44.7 Å². The normalized spacial score (nSPS) is 26.1. The summed E-state index contributed by atoms with van der Waals surface area (Å²) in [6.45, 7) is 4.85. The van der Waals surface area contributed by atoms with Crippen molar-refractivity contribution in [2.24, 2.45) is 11.8 Å². The molecule has 2 aromatic carbocycles. The monoisotopic (exact) mass is 505 g/mol. The van der Waals surface area contributed by atoms with Crippen molar-refractivity contribution in [3.05, 3.63) is 64.7 Å². The summed E-state index contributed by atoms with van der Waals surface area (Å²) in [6.07, 6.45) is 2.12. The summed E-state index contributed by atoms with van der Waals surface area (Å²) in [5.41, 5.74) is 3.73. The van der Waals surface area contributed by atoms with Gasteiger partial charge in [-0.1, -0.05) is 12.1 Å². The molecule has 0 amide bonds. The maximum Gasteiger partial charge on any atom is 0.334 e. The van der Waals surface area contributed by atoms with E-state index in [1.165, 1.54) is 0 Å². The third-order valence-electron chi connectivity index (χ3n) is 8.21. The van der Waals surface area contributed by atoms with E-state index in [2.05, 4.69) is 18.3 Å². The minimum absolute atomic E-state index is 0.00427. The molecule has 2 aromatic rings. The molecular formula is C30H35NO6. The molecule has 0 bridgehead atoms. The van der Waals surface area contributed by atoms with Gasteiger partial charge in [0, 0.05) is 29.5 Å². The Morgan fingerprint density at radius 2 is 1.81 bits per heavy atom. The number of carbonyl (C=O) groups excluding carboxylic acids is 2. The third kappa shape index (κ3) is 4.39. The second-order valence-corrected chi connectivity index (χ2v) is 10.2. The van der Waals surface area contributed by atoms with Crippen LogP contribution in [0, 0.1) is 11.8 Å². The van der Waals surface area contributed by atoms with E-state index in [0.29, 0.717) is 24.2 Å². The van der Waals surface area contributed by atoms with Crippen molar-refractivity contribution in [1.82, 2.24) is 0 Å². The lowest BCUT2D eigenvalue weighted by atomic mass is 9.56. The highest BCUT2D eigenvalue weighted by Gasteiger charge is 2.59. The zero-order valence-corrected chi connectivity index (χ0v) is 22.0. The van der Waals surface area contributed by atoms with Crippen molar-refractivity contribution in [1.29, 1.82) is 0 Å². The molecule has 5 rings (SSSR count). The number of hydrogen-bond acceptors (Lipinski definition) is 7. The van der Waals surface area contributed by atoms with Gasteiger partial charge in [-0.25, -0.2) is 4.79 Å². The lowest BCUT2D eigenvalue weighted by Crippen LogP contribution is -2.55. The number of rotatable bonds is 8. The van der Waals surface area contributed by atoms with Crippen molar-refractivity contribution >= 4 is 17.4 Å². The van der Waals surface area contributed by atoms with Crippen LogP contribution < -0.4 is 14.8 Å². The Kier molecular flexibility index (Phi) is 6.99. The van der Waals surface area contributed by atoms with Crippen molar-refractivity contribution in [2.75, 3.05) is 32.8 Å². The lowest BCUT2D eigenvalue weighted by Gasteiger charge is -2.49. The van der Waals surface area contributed by atoms with Crippen LogP contribution in [0.3, 0.4) is 0 Å². The molecule has 7 nitrogen and oxygen atoms in total. The van der Waals surface area contributed by atoms with Gasteiger partial charge in [0.2, 0.25) is 0 Å². The number of ether oxygens (including phenoxy) is 4. The van der Waals surface area contributed by atoms with Crippen LogP contribution in [-0.2, 0) is 25.7 Å². The molecule has 37 heavy (non-hydrogen) atoms.